The zero-order valence-corrected chi connectivity index (χ0v) is 16.0. The summed E-state index contributed by atoms with van der Waals surface area (Å²) in [5, 5.41) is 1.17. The Kier molecular flexibility index (Phi) is 4.21. The molecule has 0 bridgehead atoms. The Morgan fingerprint density at radius 2 is 1.93 bits per heavy atom. The second kappa shape index (κ2) is 7.02. The minimum Gasteiger partial charge on any atom is -0.421 e. The van der Waals surface area contributed by atoms with Crippen molar-refractivity contribution in [1.82, 2.24) is 9.97 Å². The topological polar surface area (TPSA) is 55.3 Å². The van der Waals surface area contributed by atoms with Gasteiger partial charge in [-0.1, -0.05) is 12.1 Å². The van der Waals surface area contributed by atoms with Crippen molar-refractivity contribution in [2.45, 2.75) is 13.3 Å². The van der Waals surface area contributed by atoms with Crippen LogP contribution in [0.4, 0.5) is 11.5 Å². The molecule has 1 aliphatic rings. The van der Waals surface area contributed by atoms with E-state index in [9.17, 15) is 4.79 Å². The van der Waals surface area contributed by atoms with E-state index in [1.165, 1.54) is 22.7 Å². The molecule has 0 unspecified atom stereocenters. The van der Waals surface area contributed by atoms with Crippen LogP contribution in [0.2, 0.25) is 0 Å². The predicted octanol–water partition coefficient (Wildman–Crippen LogP) is 4.85. The van der Waals surface area contributed by atoms with E-state index in [-0.39, 0.29) is 0 Å². The fourth-order valence-corrected chi connectivity index (χ4v) is 3.67. The molecule has 0 saturated heterocycles. The minimum atomic E-state index is -0.397. The molecule has 0 radical (unpaired) electrons. The maximum atomic E-state index is 12.3. The van der Waals surface area contributed by atoms with E-state index in [0.29, 0.717) is 11.3 Å². The van der Waals surface area contributed by atoms with Crippen molar-refractivity contribution in [2.24, 2.45) is 0 Å². The van der Waals surface area contributed by atoms with Crippen molar-refractivity contribution >= 4 is 28.4 Å². The number of nitrogens with zero attached hydrogens (tertiary/aromatic N) is 3. The van der Waals surface area contributed by atoms with Gasteiger partial charge < -0.3 is 9.64 Å². The lowest BCUT2D eigenvalue weighted by molar-refractivity contribution is 0.0734. The number of fused-ring (bicyclic) bond motifs is 2. The Morgan fingerprint density at radius 3 is 2.72 bits per heavy atom. The predicted molar refractivity (Wildman–Crippen MR) is 113 cm³/mol. The maximum Gasteiger partial charge on any atom is 0.343 e. The van der Waals surface area contributed by atoms with E-state index in [0.717, 1.165) is 30.0 Å². The van der Waals surface area contributed by atoms with Crippen LogP contribution >= 0.6 is 0 Å². The van der Waals surface area contributed by atoms with Crippen LogP contribution < -0.4 is 9.64 Å². The summed E-state index contributed by atoms with van der Waals surface area (Å²) in [4.78, 5) is 23.4. The number of carbonyl (C=O) groups is 1. The molecule has 1 aliphatic heterocycles. The molecule has 29 heavy (non-hydrogen) atoms. The summed E-state index contributed by atoms with van der Waals surface area (Å²) in [5.74, 6) is 1.03. The van der Waals surface area contributed by atoms with Gasteiger partial charge in [-0.15, -0.1) is 0 Å². The van der Waals surface area contributed by atoms with Crippen molar-refractivity contribution in [3.8, 4) is 5.75 Å². The summed E-state index contributed by atoms with van der Waals surface area (Å²) in [6, 6.07) is 19.5. The van der Waals surface area contributed by atoms with Gasteiger partial charge in [0, 0.05) is 23.8 Å². The molecule has 0 atom stereocenters. The molecule has 0 saturated carbocycles. The molecule has 4 aromatic rings. The Balaban J connectivity index is 1.41. The fraction of sp³-hybridized carbons (Fsp3) is 0.125. The highest BCUT2D eigenvalue weighted by Crippen LogP contribution is 2.35. The highest BCUT2D eigenvalue weighted by molar-refractivity contribution is 5.91. The molecule has 0 N–H and O–H groups in total. The van der Waals surface area contributed by atoms with Crippen LogP contribution in [0.15, 0.2) is 73.1 Å². The average Bonchev–Trinajstić information content (AvgIpc) is 3.15. The third-order valence-corrected chi connectivity index (χ3v) is 5.15. The number of anilines is 2. The molecule has 0 spiro atoms. The highest BCUT2D eigenvalue weighted by Gasteiger charge is 2.23. The first-order valence-electron chi connectivity index (χ1n) is 9.57. The molecule has 5 nitrogen and oxygen atoms in total. The van der Waals surface area contributed by atoms with Gasteiger partial charge in [0.15, 0.2) is 0 Å². The van der Waals surface area contributed by atoms with Crippen molar-refractivity contribution in [3.63, 3.8) is 0 Å². The van der Waals surface area contributed by atoms with E-state index >= 15 is 0 Å². The Morgan fingerprint density at radius 1 is 1.07 bits per heavy atom. The maximum absolute atomic E-state index is 12.3. The van der Waals surface area contributed by atoms with E-state index in [2.05, 4.69) is 41.1 Å². The lowest BCUT2D eigenvalue weighted by atomic mass is 10.1. The summed E-state index contributed by atoms with van der Waals surface area (Å²) in [5.41, 5.74) is 4.97. The molecular weight excluding hydrogens is 362 g/mol. The van der Waals surface area contributed by atoms with Gasteiger partial charge in [0.2, 0.25) is 0 Å². The van der Waals surface area contributed by atoms with Crippen LogP contribution in [0, 0.1) is 6.92 Å². The monoisotopic (exact) mass is 381 g/mol. The smallest absolute Gasteiger partial charge is 0.343 e. The van der Waals surface area contributed by atoms with Crippen molar-refractivity contribution in [2.75, 3.05) is 11.4 Å². The number of benzene rings is 2. The third kappa shape index (κ3) is 3.31. The number of hydrogen-bond acceptors (Lipinski definition) is 5. The molecule has 2 aromatic carbocycles. The first kappa shape index (κ1) is 17.4. The summed E-state index contributed by atoms with van der Waals surface area (Å²) in [7, 11) is 0. The molecule has 3 heterocycles. The number of esters is 1. The summed E-state index contributed by atoms with van der Waals surface area (Å²) in [6.07, 6.45) is 4.11. The molecular formula is C24H19N3O2. The van der Waals surface area contributed by atoms with Crippen LogP contribution in [0.5, 0.6) is 5.75 Å². The van der Waals surface area contributed by atoms with Crippen LogP contribution in [0.1, 0.15) is 21.5 Å². The second-order valence-electron chi connectivity index (χ2n) is 7.19. The number of aryl methyl sites for hydroxylation is 1. The largest absolute Gasteiger partial charge is 0.421 e. The molecule has 5 heteroatoms. The summed E-state index contributed by atoms with van der Waals surface area (Å²) < 4.78 is 5.35. The summed E-state index contributed by atoms with van der Waals surface area (Å²) in [6.45, 7) is 2.95. The molecule has 0 aliphatic carbocycles. The van der Waals surface area contributed by atoms with Crippen molar-refractivity contribution in [1.29, 1.82) is 0 Å². The fourth-order valence-electron chi connectivity index (χ4n) is 3.67. The van der Waals surface area contributed by atoms with E-state index in [1.807, 2.05) is 12.1 Å². The van der Waals surface area contributed by atoms with Crippen LogP contribution in [-0.4, -0.2) is 22.5 Å². The Bertz CT molecular complexity index is 1200. The zero-order valence-electron chi connectivity index (χ0n) is 16.0. The van der Waals surface area contributed by atoms with Gasteiger partial charge >= 0.3 is 5.97 Å². The minimum absolute atomic E-state index is 0.397. The van der Waals surface area contributed by atoms with Crippen LogP contribution in [-0.2, 0) is 6.42 Å². The third-order valence-electron chi connectivity index (χ3n) is 5.15. The van der Waals surface area contributed by atoms with E-state index in [1.54, 1.807) is 30.5 Å². The second-order valence-corrected chi connectivity index (χ2v) is 7.19. The molecule has 0 amide bonds. The SMILES string of the molecule is Cc1ccc2cc3c(nc2c1)N(c1ccc(C(=O)Oc2cccnc2)cc1)CC3. The van der Waals surface area contributed by atoms with Gasteiger partial charge in [0.1, 0.15) is 11.6 Å². The first-order valence-corrected chi connectivity index (χ1v) is 9.57. The van der Waals surface area contributed by atoms with Gasteiger partial charge in [-0.3, -0.25) is 4.98 Å². The first-order chi connectivity index (χ1) is 14.2. The van der Waals surface area contributed by atoms with Crippen molar-refractivity contribution < 1.29 is 9.53 Å². The molecule has 0 fully saturated rings. The standard InChI is InChI=1S/C24H19N3O2/c1-16-4-5-18-14-19-10-12-27(23(19)26-22(18)13-16)20-8-6-17(7-9-20)24(28)29-21-3-2-11-25-15-21/h2-9,11,13-15H,10,12H2,1H3. The van der Waals surface area contributed by atoms with Gasteiger partial charge in [-0.05, 0) is 73.0 Å². The average molecular weight is 381 g/mol. The molecule has 5 rings (SSSR count). The van der Waals surface area contributed by atoms with Gasteiger partial charge in [0.25, 0.3) is 0 Å². The molecule has 142 valence electrons. The molecule has 2 aromatic heterocycles. The van der Waals surface area contributed by atoms with Crippen molar-refractivity contribution in [3.05, 3.63) is 89.7 Å². The van der Waals surface area contributed by atoms with E-state index < -0.39 is 5.97 Å². The van der Waals surface area contributed by atoms with Crippen LogP contribution in [0.3, 0.4) is 0 Å². The number of carbonyl (C=O) groups excluding carboxylic acids is 1. The summed E-state index contributed by atoms with van der Waals surface area (Å²) >= 11 is 0. The lowest BCUT2D eigenvalue weighted by Gasteiger charge is -2.19. The number of hydrogen-bond donors (Lipinski definition) is 0. The van der Waals surface area contributed by atoms with Crippen LogP contribution in [0.25, 0.3) is 10.9 Å². The lowest BCUT2D eigenvalue weighted by Crippen LogP contribution is -2.15. The van der Waals surface area contributed by atoms with Gasteiger partial charge in [0.05, 0.1) is 17.3 Å². The Labute approximate surface area is 168 Å². The quantitative estimate of drug-likeness (QED) is 0.475. The van der Waals surface area contributed by atoms with E-state index in [4.69, 9.17) is 9.72 Å². The zero-order chi connectivity index (χ0) is 19.8. The Hall–Kier alpha value is -3.73. The highest BCUT2D eigenvalue weighted by atomic mass is 16.5. The number of ether oxygens (including phenoxy) is 1. The number of rotatable bonds is 3. The normalized spacial score (nSPS) is 12.8. The van der Waals surface area contributed by atoms with Gasteiger partial charge in [-0.25, -0.2) is 9.78 Å². The number of pyridine rings is 2. The number of aromatic nitrogens is 2. The van der Waals surface area contributed by atoms with Gasteiger partial charge in [-0.2, -0.15) is 0 Å².